The predicted octanol–water partition coefficient (Wildman–Crippen LogP) is 4.64. The number of rotatable bonds is 3. The number of aryl methyl sites for hydroxylation is 1. The number of thiophene rings is 1. The minimum absolute atomic E-state index is 0.0394. The maximum Gasteiger partial charge on any atom is 0.264 e. The molecule has 0 saturated heterocycles. The number of nitrogens with zero attached hydrogens (tertiary/aromatic N) is 1. The van der Waals surface area contributed by atoms with E-state index in [0.29, 0.717) is 0 Å². The van der Waals surface area contributed by atoms with Gasteiger partial charge >= 0.3 is 0 Å². The fourth-order valence-electron chi connectivity index (χ4n) is 2.43. The van der Waals surface area contributed by atoms with Crippen molar-refractivity contribution in [1.82, 2.24) is 4.90 Å². The molecule has 0 saturated carbocycles. The lowest BCUT2D eigenvalue weighted by molar-refractivity contribution is 0.0730. The lowest BCUT2D eigenvalue weighted by Gasteiger charge is -2.23. The molecule has 0 bridgehead atoms. The maximum atomic E-state index is 12.8. The summed E-state index contributed by atoms with van der Waals surface area (Å²) in [5.41, 5.74) is 1.05. The van der Waals surface area contributed by atoms with E-state index in [1.807, 2.05) is 45.2 Å². The summed E-state index contributed by atoms with van der Waals surface area (Å²) in [5.74, 6) is 0.835. The van der Waals surface area contributed by atoms with Gasteiger partial charge in [-0.2, -0.15) is 0 Å². The van der Waals surface area contributed by atoms with Crippen LogP contribution in [-0.4, -0.2) is 17.9 Å². The molecule has 0 N–H and O–H groups in total. The van der Waals surface area contributed by atoms with Crippen LogP contribution in [0.3, 0.4) is 0 Å². The Labute approximate surface area is 127 Å². The molecule has 0 spiro atoms. The number of carbonyl (C=O) groups excluding carboxylic acids is 1. The fraction of sp³-hybridized carbons (Fsp3) is 0.235. The topological polar surface area (TPSA) is 33.5 Å². The van der Waals surface area contributed by atoms with Crippen molar-refractivity contribution in [3.63, 3.8) is 0 Å². The summed E-state index contributed by atoms with van der Waals surface area (Å²) in [6.45, 7) is 3.98. The van der Waals surface area contributed by atoms with Crippen LogP contribution < -0.4 is 0 Å². The highest BCUT2D eigenvalue weighted by molar-refractivity contribution is 7.21. The Morgan fingerprint density at radius 3 is 2.67 bits per heavy atom. The fourth-order valence-corrected chi connectivity index (χ4v) is 3.63. The van der Waals surface area contributed by atoms with Gasteiger partial charge in [-0.3, -0.25) is 4.79 Å². The van der Waals surface area contributed by atoms with Crippen molar-refractivity contribution >= 4 is 27.3 Å². The van der Waals surface area contributed by atoms with E-state index >= 15 is 0 Å². The van der Waals surface area contributed by atoms with Crippen LogP contribution >= 0.6 is 11.3 Å². The average molecular weight is 299 g/mol. The van der Waals surface area contributed by atoms with Crippen molar-refractivity contribution in [3.8, 4) is 0 Å². The number of hydrogen-bond acceptors (Lipinski definition) is 3. The van der Waals surface area contributed by atoms with Gasteiger partial charge in [-0.1, -0.05) is 18.2 Å². The molecule has 0 aliphatic rings. The third kappa shape index (κ3) is 2.36. The summed E-state index contributed by atoms with van der Waals surface area (Å²) in [5, 5.41) is 1.16. The SMILES string of the molecule is Cc1c(C(=O)N(C)C(C)c2ccco2)sc2ccccc12. The number of fused-ring (bicyclic) bond motifs is 1. The second-order valence-corrected chi connectivity index (χ2v) is 6.21. The van der Waals surface area contributed by atoms with Crippen LogP contribution in [0, 0.1) is 6.92 Å². The van der Waals surface area contributed by atoms with E-state index in [9.17, 15) is 4.79 Å². The van der Waals surface area contributed by atoms with E-state index in [0.717, 1.165) is 26.3 Å². The Hall–Kier alpha value is -2.07. The van der Waals surface area contributed by atoms with E-state index in [-0.39, 0.29) is 11.9 Å². The molecule has 0 aliphatic carbocycles. The molecule has 3 aromatic rings. The van der Waals surface area contributed by atoms with E-state index < -0.39 is 0 Å². The third-order valence-electron chi connectivity index (χ3n) is 3.89. The standard InChI is InChI=1S/C17H17NO2S/c1-11-13-7-4-5-9-15(13)21-16(11)17(19)18(3)12(2)14-8-6-10-20-14/h4-10,12H,1-3H3. The molecular weight excluding hydrogens is 282 g/mol. The molecule has 4 heteroatoms. The highest BCUT2D eigenvalue weighted by atomic mass is 32.1. The Morgan fingerprint density at radius 2 is 2.00 bits per heavy atom. The van der Waals surface area contributed by atoms with Gasteiger partial charge in [0.15, 0.2) is 0 Å². The summed E-state index contributed by atoms with van der Waals surface area (Å²) in [6.07, 6.45) is 1.63. The maximum absolute atomic E-state index is 12.8. The molecule has 3 nitrogen and oxygen atoms in total. The van der Waals surface area contributed by atoms with Crippen LogP contribution in [0.1, 0.15) is 34.0 Å². The van der Waals surface area contributed by atoms with Gasteiger partial charge in [0.25, 0.3) is 5.91 Å². The monoisotopic (exact) mass is 299 g/mol. The highest BCUT2D eigenvalue weighted by Crippen LogP contribution is 2.32. The molecule has 2 aromatic heterocycles. The van der Waals surface area contributed by atoms with Gasteiger partial charge in [-0.05, 0) is 43.0 Å². The number of furan rings is 1. The van der Waals surface area contributed by atoms with Crippen molar-refractivity contribution < 1.29 is 9.21 Å². The van der Waals surface area contributed by atoms with E-state index in [4.69, 9.17) is 4.42 Å². The first kappa shape index (κ1) is 13.9. The Kier molecular flexibility index (Phi) is 3.55. The number of carbonyl (C=O) groups is 1. The Morgan fingerprint density at radius 1 is 1.24 bits per heavy atom. The molecular formula is C17H17NO2S. The number of benzene rings is 1. The first-order chi connectivity index (χ1) is 10.1. The molecule has 108 valence electrons. The summed E-state index contributed by atoms with van der Waals surface area (Å²) >= 11 is 1.55. The molecule has 3 rings (SSSR count). The van der Waals surface area contributed by atoms with Crippen LogP contribution in [0.15, 0.2) is 47.1 Å². The molecule has 0 radical (unpaired) electrons. The zero-order chi connectivity index (χ0) is 15.0. The first-order valence-corrected chi connectivity index (χ1v) is 7.70. The minimum atomic E-state index is -0.0860. The lowest BCUT2D eigenvalue weighted by atomic mass is 10.1. The Bertz CT molecular complexity index is 773. The summed E-state index contributed by atoms with van der Waals surface area (Å²) in [6, 6.07) is 11.8. The van der Waals surface area contributed by atoms with Crippen molar-refractivity contribution in [1.29, 1.82) is 0 Å². The molecule has 0 fully saturated rings. The van der Waals surface area contributed by atoms with Crippen molar-refractivity contribution in [3.05, 3.63) is 58.9 Å². The van der Waals surface area contributed by atoms with Crippen molar-refractivity contribution in [2.24, 2.45) is 0 Å². The van der Waals surface area contributed by atoms with Crippen molar-refractivity contribution in [2.45, 2.75) is 19.9 Å². The number of hydrogen-bond donors (Lipinski definition) is 0. The molecule has 2 heterocycles. The van der Waals surface area contributed by atoms with Gasteiger partial charge in [0.1, 0.15) is 5.76 Å². The molecule has 1 amide bonds. The summed E-state index contributed by atoms with van der Waals surface area (Å²) in [4.78, 5) is 15.3. The van der Waals surface area contributed by atoms with E-state index in [2.05, 4.69) is 12.1 Å². The molecule has 1 atom stereocenters. The normalized spacial score (nSPS) is 12.5. The Balaban J connectivity index is 1.95. The lowest BCUT2D eigenvalue weighted by Crippen LogP contribution is -2.29. The second-order valence-electron chi connectivity index (χ2n) is 5.16. The van der Waals surface area contributed by atoms with Gasteiger partial charge < -0.3 is 9.32 Å². The minimum Gasteiger partial charge on any atom is -0.467 e. The smallest absolute Gasteiger partial charge is 0.264 e. The van der Waals surface area contributed by atoms with Crippen LogP contribution in [0.2, 0.25) is 0 Å². The zero-order valence-corrected chi connectivity index (χ0v) is 13.1. The van der Waals surface area contributed by atoms with Gasteiger partial charge in [0, 0.05) is 11.7 Å². The van der Waals surface area contributed by atoms with Gasteiger partial charge in [0.05, 0.1) is 17.2 Å². The van der Waals surface area contributed by atoms with E-state index in [1.165, 1.54) is 0 Å². The molecule has 1 unspecified atom stereocenters. The van der Waals surface area contributed by atoms with E-state index in [1.54, 1.807) is 22.5 Å². The van der Waals surface area contributed by atoms with Crippen LogP contribution in [0.5, 0.6) is 0 Å². The first-order valence-electron chi connectivity index (χ1n) is 6.88. The summed E-state index contributed by atoms with van der Waals surface area (Å²) in [7, 11) is 1.82. The average Bonchev–Trinajstić information content (AvgIpc) is 3.14. The molecule has 21 heavy (non-hydrogen) atoms. The molecule has 1 aromatic carbocycles. The largest absolute Gasteiger partial charge is 0.467 e. The highest BCUT2D eigenvalue weighted by Gasteiger charge is 2.24. The van der Waals surface area contributed by atoms with Gasteiger partial charge in [0.2, 0.25) is 0 Å². The third-order valence-corrected chi connectivity index (χ3v) is 5.15. The van der Waals surface area contributed by atoms with Crippen LogP contribution in [-0.2, 0) is 0 Å². The van der Waals surface area contributed by atoms with Gasteiger partial charge in [-0.25, -0.2) is 0 Å². The summed E-state index contributed by atoms with van der Waals surface area (Å²) < 4.78 is 6.55. The zero-order valence-electron chi connectivity index (χ0n) is 12.3. The van der Waals surface area contributed by atoms with Crippen molar-refractivity contribution in [2.75, 3.05) is 7.05 Å². The predicted molar refractivity (Wildman–Crippen MR) is 85.8 cm³/mol. The van der Waals surface area contributed by atoms with Crippen LogP contribution in [0.4, 0.5) is 0 Å². The van der Waals surface area contributed by atoms with Crippen LogP contribution in [0.25, 0.3) is 10.1 Å². The quantitative estimate of drug-likeness (QED) is 0.706. The number of amides is 1. The second kappa shape index (κ2) is 5.37. The molecule has 0 aliphatic heterocycles. The van der Waals surface area contributed by atoms with Gasteiger partial charge in [-0.15, -0.1) is 11.3 Å².